The Kier molecular flexibility index (Phi) is 3.93. The molecule has 0 saturated carbocycles. The van der Waals surface area contributed by atoms with Gasteiger partial charge in [0.1, 0.15) is 5.82 Å². The van der Waals surface area contributed by atoms with Gasteiger partial charge in [0.2, 0.25) is 0 Å². The first-order valence-electron chi connectivity index (χ1n) is 7.70. The molecule has 1 fully saturated rings. The monoisotopic (exact) mass is 317 g/mol. The fourth-order valence-electron chi connectivity index (χ4n) is 2.80. The van der Waals surface area contributed by atoms with Crippen molar-refractivity contribution in [2.24, 2.45) is 0 Å². The third-order valence-corrected chi connectivity index (χ3v) is 4.29. The third-order valence-electron chi connectivity index (χ3n) is 4.29. The van der Waals surface area contributed by atoms with Crippen molar-refractivity contribution >= 4 is 5.91 Å². The van der Waals surface area contributed by atoms with E-state index in [1.54, 1.807) is 34.7 Å². The number of hydrogen-bond acceptors (Lipinski definition) is 3. The second kappa shape index (κ2) is 5.77. The topological polar surface area (TPSA) is 58.4 Å². The first kappa shape index (κ1) is 15.7. The summed E-state index contributed by atoms with van der Waals surface area (Å²) in [5.41, 5.74) is 0.993. The molecule has 0 unspecified atom stereocenters. The number of amides is 1. The molecule has 23 heavy (non-hydrogen) atoms. The number of carbonyl (C=O) groups excluding carboxylic acids is 1. The van der Waals surface area contributed by atoms with E-state index in [-0.39, 0.29) is 11.7 Å². The second-order valence-electron chi connectivity index (χ2n) is 6.35. The number of piperidine rings is 1. The van der Waals surface area contributed by atoms with Crippen molar-refractivity contribution in [1.29, 1.82) is 0 Å². The zero-order valence-electron chi connectivity index (χ0n) is 13.3. The number of aryl methyl sites for hydroxylation is 1. The van der Waals surface area contributed by atoms with E-state index in [1.165, 1.54) is 12.1 Å². The van der Waals surface area contributed by atoms with Crippen molar-refractivity contribution in [3.63, 3.8) is 0 Å². The molecule has 1 aliphatic rings. The highest BCUT2D eigenvalue weighted by Gasteiger charge is 2.31. The van der Waals surface area contributed by atoms with Gasteiger partial charge >= 0.3 is 0 Å². The van der Waals surface area contributed by atoms with Crippen LogP contribution < -0.4 is 0 Å². The van der Waals surface area contributed by atoms with Crippen molar-refractivity contribution in [2.45, 2.75) is 32.3 Å². The SMILES string of the molecule is Cc1cc(C(=O)N2CCC(C)(O)CC2)nn1-c1cccc(F)c1. The molecule has 1 aromatic carbocycles. The van der Waals surface area contributed by atoms with Gasteiger partial charge in [-0.15, -0.1) is 0 Å². The van der Waals surface area contributed by atoms with Crippen LogP contribution in [0.15, 0.2) is 30.3 Å². The zero-order valence-corrected chi connectivity index (χ0v) is 13.3. The van der Waals surface area contributed by atoms with Crippen LogP contribution in [0.4, 0.5) is 4.39 Å². The third kappa shape index (κ3) is 3.27. The van der Waals surface area contributed by atoms with E-state index >= 15 is 0 Å². The Morgan fingerprint density at radius 1 is 1.30 bits per heavy atom. The smallest absolute Gasteiger partial charge is 0.274 e. The van der Waals surface area contributed by atoms with E-state index in [9.17, 15) is 14.3 Å². The molecule has 2 heterocycles. The molecule has 2 aromatic rings. The number of carbonyl (C=O) groups is 1. The van der Waals surface area contributed by atoms with Crippen molar-refractivity contribution < 1.29 is 14.3 Å². The lowest BCUT2D eigenvalue weighted by molar-refractivity contribution is -0.00220. The first-order chi connectivity index (χ1) is 10.9. The highest BCUT2D eigenvalue weighted by atomic mass is 19.1. The lowest BCUT2D eigenvalue weighted by Gasteiger charge is -2.35. The minimum Gasteiger partial charge on any atom is -0.390 e. The molecule has 3 rings (SSSR count). The van der Waals surface area contributed by atoms with Crippen molar-refractivity contribution in [2.75, 3.05) is 13.1 Å². The molecule has 0 spiro atoms. The summed E-state index contributed by atoms with van der Waals surface area (Å²) < 4.78 is 14.9. The van der Waals surface area contributed by atoms with Gasteiger partial charge in [0.15, 0.2) is 5.69 Å². The van der Waals surface area contributed by atoms with Crippen LogP contribution in [-0.4, -0.2) is 44.4 Å². The van der Waals surface area contributed by atoms with Crippen LogP contribution >= 0.6 is 0 Å². The Morgan fingerprint density at radius 2 is 2.00 bits per heavy atom. The second-order valence-corrected chi connectivity index (χ2v) is 6.35. The van der Waals surface area contributed by atoms with Gasteiger partial charge in [-0.2, -0.15) is 5.10 Å². The molecule has 0 radical (unpaired) electrons. The Balaban J connectivity index is 1.82. The first-order valence-corrected chi connectivity index (χ1v) is 7.70. The van der Waals surface area contributed by atoms with Crippen LogP contribution in [0.25, 0.3) is 5.69 Å². The summed E-state index contributed by atoms with van der Waals surface area (Å²) in [6.07, 6.45) is 1.12. The van der Waals surface area contributed by atoms with Crippen LogP contribution in [0.3, 0.4) is 0 Å². The van der Waals surface area contributed by atoms with Gasteiger partial charge < -0.3 is 10.0 Å². The lowest BCUT2D eigenvalue weighted by atomic mass is 9.94. The molecule has 0 atom stereocenters. The number of rotatable bonds is 2. The summed E-state index contributed by atoms with van der Waals surface area (Å²) in [4.78, 5) is 14.3. The van der Waals surface area contributed by atoms with E-state index in [0.29, 0.717) is 37.3 Å². The highest BCUT2D eigenvalue weighted by molar-refractivity contribution is 5.92. The van der Waals surface area contributed by atoms with Crippen molar-refractivity contribution in [1.82, 2.24) is 14.7 Å². The molecule has 122 valence electrons. The summed E-state index contributed by atoms with van der Waals surface area (Å²) in [6, 6.07) is 7.82. The number of benzene rings is 1. The summed E-state index contributed by atoms with van der Waals surface area (Å²) in [7, 11) is 0. The summed E-state index contributed by atoms with van der Waals surface area (Å²) in [6.45, 7) is 4.64. The largest absolute Gasteiger partial charge is 0.390 e. The summed E-state index contributed by atoms with van der Waals surface area (Å²) in [5.74, 6) is -0.498. The highest BCUT2D eigenvalue weighted by Crippen LogP contribution is 2.23. The predicted octanol–water partition coefficient (Wildman–Crippen LogP) is 2.31. The Hall–Kier alpha value is -2.21. The van der Waals surface area contributed by atoms with Gasteiger partial charge in [-0.1, -0.05) is 6.07 Å². The number of nitrogens with zero attached hydrogens (tertiary/aromatic N) is 3. The predicted molar refractivity (Wildman–Crippen MR) is 84.0 cm³/mol. The maximum atomic E-state index is 13.4. The average molecular weight is 317 g/mol. The number of likely N-dealkylation sites (tertiary alicyclic amines) is 1. The summed E-state index contributed by atoms with van der Waals surface area (Å²) in [5, 5.41) is 14.3. The summed E-state index contributed by atoms with van der Waals surface area (Å²) >= 11 is 0. The quantitative estimate of drug-likeness (QED) is 0.924. The molecule has 0 aliphatic carbocycles. The average Bonchev–Trinajstić information content (AvgIpc) is 2.88. The van der Waals surface area contributed by atoms with E-state index in [0.717, 1.165) is 5.69 Å². The van der Waals surface area contributed by atoms with Crippen LogP contribution in [0.5, 0.6) is 0 Å². The van der Waals surface area contributed by atoms with Crippen molar-refractivity contribution in [3.8, 4) is 5.69 Å². The normalized spacial score (nSPS) is 17.3. The zero-order chi connectivity index (χ0) is 16.6. The van der Waals surface area contributed by atoms with Gasteiger partial charge in [0, 0.05) is 18.8 Å². The van der Waals surface area contributed by atoms with Gasteiger partial charge in [-0.3, -0.25) is 4.79 Å². The number of aromatic nitrogens is 2. The maximum absolute atomic E-state index is 13.4. The molecule has 1 aliphatic heterocycles. The molecule has 6 heteroatoms. The van der Waals surface area contributed by atoms with E-state index in [1.807, 2.05) is 6.92 Å². The van der Waals surface area contributed by atoms with Gasteiger partial charge in [-0.25, -0.2) is 9.07 Å². The Morgan fingerprint density at radius 3 is 2.65 bits per heavy atom. The number of halogens is 1. The lowest BCUT2D eigenvalue weighted by Crippen LogP contribution is -2.45. The van der Waals surface area contributed by atoms with E-state index in [2.05, 4.69) is 5.10 Å². The molecule has 1 N–H and O–H groups in total. The Bertz CT molecular complexity index is 729. The Labute approximate surface area is 134 Å². The fraction of sp³-hybridized carbons (Fsp3) is 0.412. The van der Waals surface area contributed by atoms with E-state index in [4.69, 9.17) is 0 Å². The van der Waals surface area contributed by atoms with Gasteiger partial charge in [0.05, 0.1) is 11.3 Å². The van der Waals surface area contributed by atoms with E-state index < -0.39 is 5.60 Å². The number of hydrogen-bond donors (Lipinski definition) is 1. The molecule has 0 bridgehead atoms. The van der Waals surface area contributed by atoms with Crippen LogP contribution in [0.2, 0.25) is 0 Å². The van der Waals surface area contributed by atoms with Crippen LogP contribution in [0.1, 0.15) is 35.9 Å². The molecule has 1 amide bonds. The molecular formula is C17H20FN3O2. The number of aliphatic hydroxyl groups is 1. The minimum atomic E-state index is -0.701. The van der Waals surface area contributed by atoms with Crippen molar-refractivity contribution in [3.05, 3.63) is 47.5 Å². The van der Waals surface area contributed by atoms with Crippen LogP contribution in [0, 0.1) is 12.7 Å². The molecule has 1 saturated heterocycles. The molecule has 5 nitrogen and oxygen atoms in total. The minimum absolute atomic E-state index is 0.154. The molecular weight excluding hydrogens is 297 g/mol. The standard InChI is InChI=1S/C17H20FN3O2/c1-12-10-15(16(22)20-8-6-17(2,23)7-9-20)19-21(12)14-5-3-4-13(18)11-14/h3-5,10-11,23H,6-9H2,1-2H3. The fourth-order valence-corrected chi connectivity index (χ4v) is 2.80. The van der Waals surface area contributed by atoms with Gasteiger partial charge in [0.25, 0.3) is 5.91 Å². The van der Waals surface area contributed by atoms with Gasteiger partial charge in [-0.05, 0) is 51.0 Å². The van der Waals surface area contributed by atoms with Crippen LogP contribution in [-0.2, 0) is 0 Å². The molecule has 1 aromatic heterocycles. The maximum Gasteiger partial charge on any atom is 0.274 e.